The van der Waals surface area contributed by atoms with E-state index in [9.17, 15) is 9.59 Å². The highest BCUT2D eigenvalue weighted by Crippen LogP contribution is 2.27. The summed E-state index contributed by atoms with van der Waals surface area (Å²) >= 11 is 0. The number of carbonyl (C=O) groups is 2. The standard InChI is InChI=1S/C23H27N3O2.ClH/c1-15-10-11-19(25-22(27)16-6-2-3-7-16)13-20(15)26-23(28)21-12-17-8-4-5-9-18(17)14-24-21;/h4-5,8-11,13,16,21,24H,2-3,6-7,12,14H2,1H3,(H,25,27)(H,26,28);1H/t21-;/m1./s1. The number of rotatable bonds is 4. The third-order valence-corrected chi connectivity index (χ3v) is 5.89. The number of hydrogen-bond donors (Lipinski definition) is 3. The Bertz CT molecular complexity index is 893. The molecule has 1 saturated carbocycles. The molecule has 0 saturated heterocycles. The van der Waals surface area contributed by atoms with Gasteiger partial charge in [0.2, 0.25) is 11.8 Å². The fourth-order valence-electron chi connectivity index (χ4n) is 4.13. The molecule has 2 amide bonds. The fourth-order valence-corrected chi connectivity index (χ4v) is 4.13. The van der Waals surface area contributed by atoms with Crippen LogP contribution in [0.5, 0.6) is 0 Å². The molecule has 2 aliphatic rings. The smallest absolute Gasteiger partial charge is 0.241 e. The first-order chi connectivity index (χ1) is 13.6. The van der Waals surface area contributed by atoms with Crippen LogP contribution in [0.25, 0.3) is 0 Å². The van der Waals surface area contributed by atoms with Gasteiger partial charge < -0.3 is 16.0 Å². The Morgan fingerprint density at radius 3 is 2.45 bits per heavy atom. The summed E-state index contributed by atoms with van der Waals surface area (Å²) in [5, 5.41) is 9.37. The molecule has 0 aromatic heterocycles. The minimum Gasteiger partial charge on any atom is -0.326 e. The highest BCUT2D eigenvalue weighted by atomic mass is 35.5. The molecule has 0 unspecified atom stereocenters. The van der Waals surface area contributed by atoms with Crippen molar-refractivity contribution in [3.8, 4) is 0 Å². The molecule has 1 heterocycles. The fraction of sp³-hybridized carbons (Fsp3) is 0.391. The van der Waals surface area contributed by atoms with Gasteiger partial charge in [0.25, 0.3) is 0 Å². The predicted octanol–water partition coefficient (Wildman–Crippen LogP) is 4.20. The molecule has 2 aromatic rings. The molecule has 1 atom stereocenters. The van der Waals surface area contributed by atoms with Crippen LogP contribution < -0.4 is 16.0 Å². The minimum absolute atomic E-state index is 0. The van der Waals surface area contributed by atoms with Crippen molar-refractivity contribution in [2.45, 2.75) is 51.6 Å². The number of fused-ring (bicyclic) bond motifs is 1. The Morgan fingerprint density at radius 2 is 1.69 bits per heavy atom. The summed E-state index contributed by atoms with van der Waals surface area (Å²) in [5.41, 5.74) is 4.92. The molecule has 5 nitrogen and oxygen atoms in total. The van der Waals surface area contributed by atoms with Crippen molar-refractivity contribution in [3.05, 3.63) is 59.2 Å². The molecule has 29 heavy (non-hydrogen) atoms. The number of benzene rings is 2. The number of hydrogen-bond acceptors (Lipinski definition) is 3. The highest BCUT2D eigenvalue weighted by molar-refractivity contribution is 5.98. The van der Waals surface area contributed by atoms with Crippen molar-refractivity contribution in [1.29, 1.82) is 0 Å². The Balaban J connectivity index is 0.00000240. The molecule has 0 radical (unpaired) electrons. The lowest BCUT2D eigenvalue weighted by Crippen LogP contribution is -2.44. The van der Waals surface area contributed by atoms with Gasteiger partial charge in [0, 0.05) is 23.8 Å². The van der Waals surface area contributed by atoms with Crippen molar-refractivity contribution in [2.24, 2.45) is 5.92 Å². The van der Waals surface area contributed by atoms with Crippen LogP contribution in [-0.4, -0.2) is 17.9 Å². The zero-order valence-electron chi connectivity index (χ0n) is 16.7. The minimum atomic E-state index is -0.258. The van der Waals surface area contributed by atoms with Crippen LogP contribution in [0.4, 0.5) is 11.4 Å². The lowest BCUT2D eigenvalue weighted by atomic mass is 9.95. The van der Waals surface area contributed by atoms with Crippen molar-refractivity contribution >= 4 is 35.6 Å². The van der Waals surface area contributed by atoms with Gasteiger partial charge in [0.15, 0.2) is 0 Å². The summed E-state index contributed by atoms with van der Waals surface area (Å²) in [6, 6.07) is 13.6. The quantitative estimate of drug-likeness (QED) is 0.703. The van der Waals surface area contributed by atoms with Gasteiger partial charge in [-0.05, 0) is 55.0 Å². The third-order valence-electron chi connectivity index (χ3n) is 5.89. The molecule has 0 bridgehead atoms. The van der Waals surface area contributed by atoms with Gasteiger partial charge in [-0.25, -0.2) is 0 Å². The molecule has 0 spiro atoms. The van der Waals surface area contributed by atoms with E-state index in [-0.39, 0.29) is 36.2 Å². The monoisotopic (exact) mass is 413 g/mol. The second kappa shape index (κ2) is 9.42. The Morgan fingerprint density at radius 1 is 0.966 bits per heavy atom. The molecular weight excluding hydrogens is 386 g/mol. The zero-order valence-corrected chi connectivity index (χ0v) is 17.5. The van der Waals surface area contributed by atoms with Crippen molar-refractivity contribution < 1.29 is 9.59 Å². The van der Waals surface area contributed by atoms with E-state index >= 15 is 0 Å². The number of aryl methyl sites for hydroxylation is 1. The van der Waals surface area contributed by atoms with Gasteiger partial charge in [0.1, 0.15) is 0 Å². The van der Waals surface area contributed by atoms with E-state index in [2.05, 4.69) is 28.1 Å². The van der Waals surface area contributed by atoms with E-state index in [1.807, 2.05) is 37.3 Å². The van der Waals surface area contributed by atoms with E-state index in [0.29, 0.717) is 13.0 Å². The molecule has 1 fully saturated rings. The number of nitrogens with one attached hydrogen (secondary N) is 3. The molecule has 3 N–H and O–H groups in total. The molecule has 2 aromatic carbocycles. The van der Waals surface area contributed by atoms with Crippen molar-refractivity contribution in [1.82, 2.24) is 5.32 Å². The first kappa shape index (κ1) is 21.3. The zero-order chi connectivity index (χ0) is 19.5. The number of amides is 2. The van der Waals surface area contributed by atoms with Crippen molar-refractivity contribution in [3.63, 3.8) is 0 Å². The Hall–Kier alpha value is -2.37. The topological polar surface area (TPSA) is 70.2 Å². The van der Waals surface area contributed by atoms with Crippen LogP contribution in [0.1, 0.15) is 42.4 Å². The van der Waals surface area contributed by atoms with Gasteiger partial charge in [-0.2, -0.15) is 0 Å². The van der Waals surface area contributed by atoms with E-state index in [1.165, 1.54) is 11.1 Å². The number of carbonyl (C=O) groups excluding carboxylic acids is 2. The summed E-state index contributed by atoms with van der Waals surface area (Å²) in [6.45, 7) is 2.66. The second-order valence-corrected chi connectivity index (χ2v) is 7.90. The third kappa shape index (κ3) is 4.98. The normalized spacial score (nSPS) is 18.4. The summed E-state index contributed by atoms with van der Waals surface area (Å²) in [4.78, 5) is 25.2. The summed E-state index contributed by atoms with van der Waals surface area (Å²) < 4.78 is 0. The molecule has 4 rings (SSSR count). The predicted molar refractivity (Wildman–Crippen MR) is 118 cm³/mol. The summed E-state index contributed by atoms with van der Waals surface area (Å²) in [7, 11) is 0. The Labute approximate surface area is 178 Å². The largest absolute Gasteiger partial charge is 0.326 e. The van der Waals surface area contributed by atoms with Gasteiger partial charge >= 0.3 is 0 Å². The lowest BCUT2D eigenvalue weighted by molar-refractivity contribution is -0.120. The molecule has 1 aliphatic carbocycles. The maximum atomic E-state index is 12.8. The van der Waals surface area contributed by atoms with Gasteiger partial charge in [-0.15, -0.1) is 12.4 Å². The second-order valence-electron chi connectivity index (χ2n) is 7.90. The van der Waals surface area contributed by atoms with E-state index in [1.54, 1.807) is 0 Å². The van der Waals surface area contributed by atoms with E-state index in [0.717, 1.165) is 42.6 Å². The number of anilines is 2. The molecular formula is C23H28ClN3O2. The average Bonchev–Trinajstić information content (AvgIpc) is 3.25. The Kier molecular flexibility index (Phi) is 6.93. The van der Waals surface area contributed by atoms with E-state index < -0.39 is 0 Å². The van der Waals surface area contributed by atoms with Crippen LogP contribution >= 0.6 is 12.4 Å². The van der Waals surface area contributed by atoms with Crippen LogP contribution in [0.2, 0.25) is 0 Å². The van der Waals surface area contributed by atoms with Gasteiger partial charge in [0.05, 0.1) is 6.04 Å². The van der Waals surface area contributed by atoms with Crippen LogP contribution in [-0.2, 0) is 22.6 Å². The summed E-state index contributed by atoms with van der Waals surface area (Å²) in [6.07, 6.45) is 4.88. The highest BCUT2D eigenvalue weighted by Gasteiger charge is 2.25. The van der Waals surface area contributed by atoms with Gasteiger partial charge in [-0.3, -0.25) is 9.59 Å². The van der Waals surface area contributed by atoms with Crippen LogP contribution in [0.3, 0.4) is 0 Å². The maximum absolute atomic E-state index is 12.8. The lowest BCUT2D eigenvalue weighted by Gasteiger charge is -2.25. The van der Waals surface area contributed by atoms with Crippen LogP contribution in [0, 0.1) is 12.8 Å². The first-order valence-corrected chi connectivity index (χ1v) is 10.1. The van der Waals surface area contributed by atoms with E-state index in [4.69, 9.17) is 0 Å². The average molecular weight is 414 g/mol. The number of halogens is 1. The first-order valence-electron chi connectivity index (χ1n) is 10.1. The molecule has 1 aliphatic heterocycles. The van der Waals surface area contributed by atoms with Crippen molar-refractivity contribution in [2.75, 3.05) is 10.6 Å². The molecule has 6 heteroatoms. The SMILES string of the molecule is Cc1ccc(NC(=O)C2CCCC2)cc1NC(=O)[C@H]1Cc2ccccc2CN1.Cl. The van der Waals surface area contributed by atoms with Crippen LogP contribution in [0.15, 0.2) is 42.5 Å². The molecule has 154 valence electrons. The van der Waals surface area contributed by atoms with Gasteiger partial charge in [-0.1, -0.05) is 43.2 Å². The summed E-state index contributed by atoms with van der Waals surface area (Å²) in [5.74, 6) is 0.159. The maximum Gasteiger partial charge on any atom is 0.241 e.